The monoisotopic (exact) mass is 487 g/mol. The maximum atomic E-state index is 13.7. The van der Waals surface area contributed by atoms with Gasteiger partial charge in [0.2, 0.25) is 11.8 Å². The van der Waals surface area contributed by atoms with Crippen molar-refractivity contribution in [1.29, 1.82) is 0 Å². The number of amides is 3. The fraction of sp³-hybridized carbons (Fsp3) is 0.593. The molecule has 1 aromatic carbocycles. The van der Waals surface area contributed by atoms with Crippen LogP contribution in [0.25, 0.3) is 0 Å². The number of hydrogen-bond donors (Lipinski definition) is 3. The van der Waals surface area contributed by atoms with Gasteiger partial charge in [0.15, 0.2) is 0 Å². The third-order valence-corrected chi connectivity index (χ3v) is 4.93. The first kappa shape index (κ1) is 30.0. The van der Waals surface area contributed by atoms with Gasteiger partial charge in [-0.2, -0.15) is 0 Å². The molecular formula is C27H41N3O5. The zero-order chi connectivity index (χ0) is 26.8. The fourth-order valence-corrected chi connectivity index (χ4v) is 3.49. The molecule has 0 fully saturated rings. The lowest BCUT2D eigenvalue weighted by Gasteiger charge is -2.36. The molecule has 0 aliphatic carbocycles. The van der Waals surface area contributed by atoms with Crippen LogP contribution in [0, 0.1) is 12.3 Å². The summed E-state index contributed by atoms with van der Waals surface area (Å²) in [4.78, 5) is 41.0. The standard InChI is InChI=1S/C27H41N3O5/c1-9-11-14-17-30(24(33)21(18-31)28-25(34)35-27(6,7)8)22(23(32)29-26(3,4)5)20-16-13-12-15-19(20)10-2/h2,12-13,15-16,21-22,31H,9,11,14,17-18H2,1,3-8H3,(H,28,34)(H,29,32). The second kappa shape index (κ2) is 13.1. The number of nitrogens with zero attached hydrogens (tertiary/aromatic N) is 1. The third kappa shape index (κ3) is 9.99. The SMILES string of the molecule is C#Cc1ccccc1C(C(=O)NC(C)(C)C)N(CCCCC)C(=O)C(CO)NC(=O)OC(C)(C)C. The van der Waals surface area contributed by atoms with Crippen molar-refractivity contribution >= 4 is 17.9 Å². The Morgan fingerprint density at radius 1 is 1.11 bits per heavy atom. The Morgan fingerprint density at radius 3 is 2.26 bits per heavy atom. The molecule has 8 heteroatoms. The Kier molecular flexibility index (Phi) is 11.3. The first-order valence-corrected chi connectivity index (χ1v) is 12.0. The molecule has 3 N–H and O–H groups in total. The molecule has 8 nitrogen and oxygen atoms in total. The highest BCUT2D eigenvalue weighted by atomic mass is 16.6. The summed E-state index contributed by atoms with van der Waals surface area (Å²) in [5.74, 6) is 1.59. The van der Waals surface area contributed by atoms with Crippen LogP contribution in [0.2, 0.25) is 0 Å². The summed E-state index contributed by atoms with van der Waals surface area (Å²) in [6.07, 6.45) is 7.25. The minimum Gasteiger partial charge on any atom is -0.444 e. The van der Waals surface area contributed by atoms with Gasteiger partial charge in [0, 0.05) is 17.6 Å². The number of ether oxygens (including phenoxy) is 1. The molecule has 1 aromatic rings. The van der Waals surface area contributed by atoms with E-state index in [-0.39, 0.29) is 6.54 Å². The molecule has 1 rings (SSSR count). The van der Waals surface area contributed by atoms with Crippen molar-refractivity contribution in [3.05, 3.63) is 35.4 Å². The first-order chi connectivity index (χ1) is 16.2. The van der Waals surface area contributed by atoms with Crippen LogP contribution >= 0.6 is 0 Å². The van der Waals surface area contributed by atoms with Gasteiger partial charge < -0.3 is 25.4 Å². The second-order valence-electron chi connectivity index (χ2n) is 10.5. The number of carbonyl (C=O) groups excluding carboxylic acids is 3. The number of alkyl carbamates (subject to hydrolysis) is 1. The number of benzene rings is 1. The molecule has 194 valence electrons. The van der Waals surface area contributed by atoms with Gasteiger partial charge in [0.25, 0.3) is 0 Å². The van der Waals surface area contributed by atoms with Crippen molar-refractivity contribution in [2.24, 2.45) is 0 Å². The first-order valence-electron chi connectivity index (χ1n) is 12.0. The van der Waals surface area contributed by atoms with E-state index in [1.165, 1.54) is 4.90 Å². The predicted octanol–water partition coefficient (Wildman–Crippen LogP) is 3.53. The van der Waals surface area contributed by atoms with Crippen LogP contribution in [-0.2, 0) is 14.3 Å². The van der Waals surface area contributed by atoms with E-state index in [4.69, 9.17) is 11.2 Å². The fourth-order valence-electron chi connectivity index (χ4n) is 3.49. The lowest BCUT2D eigenvalue weighted by molar-refractivity contribution is -0.144. The lowest BCUT2D eigenvalue weighted by Crippen LogP contribution is -2.56. The Hall–Kier alpha value is -3.05. The van der Waals surface area contributed by atoms with Crippen LogP contribution in [0.15, 0.2) is 24.3 Å². The number of unbranched alkanes of at least 4 members (excludes halogenated alkanes) is 2. The maximum Gasteiger partial charge on any atom is 0.408 e. The number of carbonyl (C=O) groups is 3. The smallest absolute Gasteiger partial charge is 0.408 e. The molecule has 0 saturated heterocycles. The molecule has 0 spiro atoms. The van der Waals surface area contributed by atoms with Gasteiger partial charge >= 0.3 is 6.09 Å². The van der Waals surface area contributed by atoms with Crippen molar-refractivity contribution < 1.29 is 24.2 Å². The highest BCUT2D eigenvalue weighted by Gasteiger charge is 2.37. The number of aliphatic hydroxyl groups is 1. The number of rotatable bonds is 10. The van der Waals surface area contributed by atoms with E-state index in [2.05, 4.69) is 16.6 Å². The molecule has 0 aliphatic heterocycles. The number of nitrogens with one attached hydrogen (secondary N) is 2. The van der Waals surface area contributed by atoms with E-state index in [0.29, 0.717) is 17.5 Å². The molecule has 0 saturated carbocycles. The summed E-state index contributed by atoms with van der Waals surface area (Å²) >= 11 is 0. The zero-order valence-corrected chi connectivity index (χ0v) is 22.1. The normalized spacial score (nSPS) is 13.2. The van der Waals surface area contributed by atoms with Crippen LogP contribution in [0.4, 0.5) is 4.79 Å². The summed E-state index contributed by atoms with van der Waals surface area (Å²) in [6.45, 7) is 12.2. The van der Waals surface area contributed by atoms with Gasteiger partial charge in [-0.1, -0.05) is 43.9 Å². The number of hydrogen-bond acceptors (Lipinski definition) is 5. The molecule has 0 aromatic heterocycles. The van der Waals surface area contributed by atoms with E-state index < -0.39 is 47.7 Å². The van der Waals surface area contributed by atoms with E-state index in [1.54, 1.807) is 45.0 Å². The number of aliphatic hydroxyl groups excluding tert-OH is 1. The van der Waals surface area contributed by atoms with Gasteiger partial charge in [-0.25, -0.2) is 4.79 Å². The summed E-state index contributed by atoms with van der Waals surface area (Å²) in [6, 6.07) is 4.60. The van der Waals surface area contributed by atoms with E-state index >= 15 is 0 Å². The highest BCUT2D eigenvalue weighted by molar-refractivity contribution is 5.92. The second-order valence-corrected chi connectivity index (χ2v) is 10.5. The molecule has 2 unspecified atom stereocenters. The van der Waals surface area contributed by atoms with Crippen LogP contribution in [0.5, 0.6) is 0 Å². The van der Waals surface area contributed by atoms with E-state index in [0.717, 1.165) is 12.8 Å². The largest absolute Gasteiger partial charge is 0.444 e. The topological polar surface area (TPSA) is 108 Å². The Bertz CT molecular complexity index is 909. The van der Waals surface area contributed by atoms with Crippen LogP contribution < -0.4 is 10.6 Å². The third-order valence-electron chi connectivity index (χ3n) is 4.93. The van der Waals surface area contributed by atoms with Crippen LogP contribution in [0.3, 0.4) is 0 Å². The Balaban J connectivity index is 3.51. The Labute approximate surface area is 209 Å². The molecule has 35 heavy (non-hydrogen) atoms. The van der Waals surface area contributed by atoms with Crippen molar-refractivity contribution in [3.63, 3.8) is 0 Å². The van der Waals surface area contributed by atoms with E-state index in [1.807, 2.05) is 27.7 Å². The molecule has 0 heterocycles. The molecule has 0 bridgehead atoms. The highest BCUT2D eigenvalue weighted by Crippen LogP contribution is 2.27. The molecule has 0 radical (unpaired) electrons. The summed E-state index contributed by atoms with van der Waals surface area (Å²) in [5.41, 5.74) is -0.371. The van der Waals surface area contributed by atoms with Crippen molar-refractivity contribution in [2.45, 2.75) is 91.0 Å². The maximum absolute atomic E-state index is 13.7. The Morgan fingerprint density at radius 2 is 1.74 bits per heavy atom. The summed E-state index contributed by atoms with van der Waals surface area (Å²) in [7, 11) is 0. The van der Waals surface area contributed by atoms with Gasteiger partial charge in [-0.05, 0) is 59.6 Å². The van der Waals surface area contributed by atoms with E-state index in [9.17, 15) is 19.5 Å². The van der Waals surface area contributed by atoms with Crippen LogP contribution in [0.1, 0.15) is 84.9 Å². The van der Waals surface area contributed by atoms with Crippen molar-refractivity contribution in [3.8, 4) is 12.3 Å². The summed E-state index contributed by atoms with van der Waals surface area (Å²) in [5, 5.41) is 15.4. The molecule has 3 amide bonds. The zero-order valence-electron chi connectivity index (χ0n) is 22.1. The van der Waals surface area contributed by atoms with Crippen LogP contribution in [-0.4, -0.2) is 58.2 Å². The molecular weight excluding hydrogens is 446 g/mol. The van der Waals surface area contributed by atoms with Gasteiger partial charge in [0.1, 0.15) is 17.7 Å². The minimum absolute atomic E-state index is 0.236. The quantitative estimate of drug-likeness (QED) is 0.346. The minimum atomic E-state index is -1.30. The number of terminal acetylenes is 1. The molecule has 0 aliphatic rings. The van der Waals surface area contributed by atoms with Gasteiger partial charge in [0.05, 0.1) is 6.61 Å². The molecule has 2 atom stereocenters. The summed E-state index contributed by atoms with van der Waals surface area (Å²) < 4.78 is 5.26. The predicted molar refractivity (Wildman–Crippen MR) is 136 cm³/mol. The average molecular weight is 488 g/mol. The van der Waals surface area contributed by atoms with Gasteiger partial charge in [-0.3, -0.25) is 9.59 Å². The lowest BCUT2D eigenvalue weighted by atomic mass is 9.96. The van der Waals surface area contributed by atoms with Crippen molar-refractivity contribution in [2.75, 3.05) is 13.2 Å². The average Bonchev–Trinajstić information content (AvgIpc) is 2.74. The van der Waals surface area contributed by atoms with Crippen molar-refractivity contribution in [1.82, 2.24) is 15.5 Å². The van der Waals surface area contributed by atoms with Gasteiger partial charge in [-0.15, -0.1) is 6.42 Å².